The van der Waals surface area contributed by atoms with Gasteiger partial charge in [-0.3, -0.25) is 9.59 Å². The van der Waals surface area contributed by atoms with Crippen LogP contribution in [-0.2, 0) is 9.59 Å². The van der Waals surface area contributed by atoms with Gasteiger partial charge in [-0.25, -0.2) is 4.79 Å². The summed E-state index contributed by atoms with van der Waals surface area (Å²) in [5, 5.41) is 15.9. The molecule has 0 aliphatic heterocycles. The molecule has 0 aromatic carbocycles. The Kier molecular flexibility index (Phi) is 7.49. The minimum absolute atomic E-state index is 0.00337. The molecule has 0 saturated carbocycles. The number of likely N-dealkylation sites (N-methyl/N-ethyl adjacent to an activating group) is 1. The number of aliphatic carboxylic acids is 1. The molecule has 7 nitrogen and oxygen atoms in total. The number of carboxylic acid groups (broad SMARTS) is 1. The van der Waals surface area contributed by atoms with Gasteiger partial charge in [-0.1, -0.05) is 6.92 Å². The monoisotopic (exact) mass is 245 g/mol. The highest BCUT2D eigenvalue weighted by molar-refractivity contribution is 5.83. The van der Waals surface area contributed by atoms with Crippen molar-refractivity contribution in [1.29, 1.82) is 0 Å². The lowest BCUT2D eigenvalue weighted by atomic mass is 10.1. The molecule has 0 radical (unpaired) electrons. The predicted octanol–water partition coefficient (Wildman–Crippen LogP) is -0.467. The van der Waals surface area contributed by atoms with Crippen molar-refractivity contribution in [1.82, 2.24) is 16.0 Å². The van der Waals surface area contributed by atoms with Gasteiger partial charge in [0.1, 0.15) is 0 Å². The Hall–Kier alpha value is -1.79. The first-order valence-corrected chi connectivity index (χ1v) is 5.45. The second kappa shape index (κ2) is 8.37. The molecule has 0 heterocycles. The van der Waals surface area contributed by atoms with Gasteiger partial charge in [0, 0.05) is 19.5 Å². The molecule has 0 fully saturated rings. The molecule has 1 unspecified atom stereocenters. The SMILES string of the molecule is CCNC(=O)CNC(=O)NCC(C)CC(=O)O. The van der Waals surface area contributed by atoms with Crippen molar-refractivity contribution in [2.75, 3.05) is 19.6 Å². The fraction of sp³-hybridized carbons (Fsp3) is 0.700. The summed E-state index contributed by atoms with van der Waals surface area (Å²) in [6.45, 7) is 4.18. The van der Waals surface area contributed by atoms with Crippen molar-refractivity contribution in [2.45, 2.75) is 20.3 Å². The van der Waals surface area contributed by atoms with E-state index in [9.17, 15) is 14.4 Å². The first-order valence-electron chi connectivity index (χ1n) is 5.45. The van der Waals surface area contributed by atoms with E-state index in [-0.39, 0.29) is 31.3 Å². The van der Waals surface area contributed by atoms with Crippen LogP contribution in [0.4, 0.5) is 4.79 Å². The van der Waals surface area contributed by atoms with Gasteiger partial charge in [0.2, 0.25) is 5.91 Å². The zero-order chi connectivity index (χ0) is 13.3. The number of hydrogen-bond donors (Lipinski definition) is 4. The van der Waals surface area contributed by atoms with E-state index < -0.39 is 12.0 Å². The van der Waals surface area contributed by atoms with Gasteiger partial charge in [0.15, 0.2) is 0 Å². The minimum Gasteiger partial charge on any atom is -0.481 e. The highest BCUT2D eigenvalue weighted by atomic mass is 16.4. The number of urea groups is 1. The van der Waals surface area contributed by atoms with Gasteiger partial charge < -0.3 is 21.1 Å². The number of carbonyl (C=O) groups excluding carboxylic acids is 2. The third-order valence-corrected chi connectivity index (χ3v) is 1.92. The maximum atomic E-state index is 11.2. The van der Waals surface area contributed by atoms with Crippen LogP contribution in [0.15, 0.2) is 0 Å². The molecule has 17 heavy (non-hydrogen) atoms. The van der Waals surface area contributed by atoms with E-state index >= 15 is 0 Å². The van der Waals surface area contributed by atoms with E-state index in [4.69, 9.17) is 5.11 Å². The largest absolute Gasteiger partial charge is 0.481 e. The lowest BCUT2D eigenvalue weighted by molar-refractivity contribution is -0.137. The smallest absolute Gasteiger partial charge is 0.315 e. The number of carbonyl (C=O) groups is 3. The molecule has 0 spiro atoms. The highest BCUT2D eigenvalue weighted by Crippen LogP contribution is 1.98. The maximum absolute atomic E-state index is 11.2. The van der Waals surface area contributed by atoms with Gasteiger partial charge in [-0.15, -0.1) is 0 Å². The summed E-state index contributed by atoms with van der Waals surface area (Å²) < 4.78 is 0. The van der Waals surface area contributed by atoms with Gasteiger partial charge in [-0.2, -0.15) is 0 Å². The lowest BCUT2D eigenvalue weighted by Crippen LogP contribution is -2.43. The molecule has 0 aromatic rings. The molecule has 98 valence electrons. The van der Waals surface area contributed by atoms with E-state index in [1.54, 1.807) is 13.8 Å². The van der Waals surface area contributed by atoms with E-state index in [1.807, 2.05) is 0 Å². The quantitative estimate of drug-likeness (QED) is 0.486. The van der Waals surface area contributed by atoms with Crippen molar-refractivity contribution >= 4 is 17.9 Å². The van der Waals surface area contributed by atoms with E-state index in [1.165, 1.54) is 0 Å². The number of nitrogens with one attached hydrogen (secondary N) is 3. The Morgan fingerprint density at radius 1 is 1.18 bits per heavy atom. The Morgan fingerprint density at radius 3 is 2.35 bits per heavy atom. The molecule has 0 aliphatic carbocycles. The molecule has 0 rings (SSSR count). The number of rotatable bonds is 7. The predicted molar refractivity (Wildman–Crippen MR) is 61.5 cm³/mol. The zero-order valence-corrected chi connectivity index (χ0v) is 10.1. The van der Waals surface area contributed by atoms with Crippen LogP contribution in [-0.4, -0.2) is 42.6 Å². The molecule has 0 aromatic heterocycles. The Morgan fingerprint density at radius 2 is 1.82 bits per heavy atom. The standard InChI is InChI=1S/C10H19N3O4/c1-3-11-8(14)6-13-10(17)12-5-7(2)4-9(15)16/h7H,3-6H2,1-2H3,(H,11,14)(H,15,16)(H2,12,13,17). The van der Waals surface area contributed by atoms with Crippen molar-refractivity contribution < 1.29 is 19.5 Å². The van der Waals surface area contributed by atoms with Crippen molar-refractivity contribution in [2.24, 2.45) is 5.92 Å². The second-order valence-corrected chi connectivity index (χ2v) is 3.72. The molecule has 7 heteroatoms. The topological polar surface area (TPSA) is 108 Å². The summed E-state index contributed by atoms with van der Waals surface area (Å²) in [6.07, 6.45) is -0.00337. The normalized spacial score (nSPS) is 11.4. The fourth-order valence-corrected chi connectivity index (χ4v) is 1.12. The molecule has 0 saturated heterocycles. The van der Waals surface area contributed by atoms with E-state index in [0.29, 0.717) is 6.54 Å². The first kappa shape index (κ1) is 15.2. The summed E-state index contributed by atoms with van der Waals surface area (Å²) in [4.78, 5) is 32.6. The summed E-state index contributed by atoms with van der Waals surface area (Å²) in [5.41, 5.74) is 0. The van der Waals surface area contributed by atoms with Crippen LogP contribution in [0.5, 0.6) is 0 Å². The third-order valence-electron chi connectivity index (χ3n) is 1.92. The molecule has 1 atom stereocenters. The average molecular weight is 245 g/mol. The number of carboxylic acids is 1. The zero-order valence-electron chi connectivity index (χ0n) is 10.1. The minimum atomic E-state index is -0.901. The molecule has 0 aliphatic rings. The lowest BCUT2D eigenvalue weighted by Gasteiger charge is -2.11. The Balaban J connectivity index is 3.65. The number of amides is 3. The summed E-state index contributed by atoms with van der Waals surface area (Å²) >= 11 is 0. The van der Waals surface area contributed by atoms with Crippen LogP contribution in [0.25, 0.3) is 0 Å². The van der Waals surface area contributed by atoms with Crippen molar-refractivity contribution in [3.63, 3.8) is 0 Å². The van der Waals surface area contributed by atoms with Crippen LogP contribution in [0, 0.1) is 5.92 Å². The maximum Gasteiger partial charge on any atom is 0.315 e. The summed E-state index contributed by atoms with van der Waals surface area (Å²) in [5.74, 6) is -1.31. The molecular formula is C10H19N3O4. The fourth-order valence-electron chi connectivity index (χ4n) is 1.12. The van der Waals surface area contributed by atoms with Gasteiger partial charge in [0.05, 0.1) is 6.54 Å². The number of hydrogen-bond acceptors (Lipinski definition) is 3. The Labute approximate surface area is 100.0 Å². The molecular weight excluding hydrogens is 226 g/mol. The van der Waals surface area contributed by atoms with E-state index in [0.717, 1.165) is 0 Å². The average Bonchev–Trinajstić information content (AvgIpc) is 2.23. The van der Waals surface area contributed by atoms with Gasteiger partial charge in [0.25, 0.3) is 0 Å². The molecule has 0 bridgehead atoms. The van der Waals surface area contributed by atoms with Crippen molar-refractivity contribution in [3.05, 3.63) is 0 Å². The van der Waals surface area contributed by atoms with Crippen LogP contribution < -0.4 is 16.0 Å². The van der Waals surface area contributed by atoms with Crippen molar-refractivity contribution in [3.8, 4) is 0 Å². The van der Waals surface area contributed by atoms with Crippen LogP contribution in [0.3, 0.4) is 0 Å². The van der Waals surface area contributed by atoms with Crippen LogP contribution in [0.2, 0.25) is 0 Å². The van der Waals surface area contributed by atoms with Gasteiger partial charge in [-0.05, 0) is 12.8 Å². The first-order chi connectivity index (χ1) is 7.95. The third kappa shape index (κ3) is 9.16. The Bertz CT molecular complexity index is 281. The summed E-state index contributed by atoms with van der Waals surface area (Å²) in [6, 6.07) is -0.478. The highest BCUT2D eigenvalue weighted by Gasteiger charge is 2.09. The molecule has 3 amide bonds. The van der Waals surface area contributed by atoms with Crippen LogP contribution >= 0.6 is 0 Å². The van der Waals surface area contributed by atoms with Crippen LogP contribution in [0.1, 0.15) is 20.3 Å². The summed E-state index contributed by atoms with van der Waals surface area (Å²) in [7, 11) is 0. The molecule has 4 N–H and O–H groups in total. The van der Waals surface area contributed by atoms with E-state index in [2.05, 4.69) is 16.0 Å². The van der Waals surface area contributed by atoms with Gasteiger partial charge >= 0.3 is 12.0 Å². The second-order valence-electron chi connectivity index (χ2n) is 3.72.